The molecule has 3 heteroatoms. The summed E-state index contributed by atoms with van der Waals surface area (Å²) in [4.78, 5) is 2.51. The SMILES string of the molecule is CNC(CCN1CCc2ccccc21)c1ccc(Br)cc1. The minimum absolute atomic E-state index is 0.408. The summed E-state index contributed by atoms with van der Waals surface area (Å²) in [7, 11) is 2.05. The van der Waals surface area contributed by atoms with Gasteiger partial charge in [0.15, 0.2) is 0 Å². The van der Waals surface area contributed by atoms with Crippen LogP contribution in [-0.4, -0.2) is 20.1 Å². The molecule has 1 atom stereocenters. The molecule has 0 amide bonds. The molecular weight excluding hydrogens is 324 g/mol. The highest BCUT2D eigenvalue weighted by molar-refractivity contribution is 9.10. The lowest BCUT2D eigenvalue weighted by Crippen LogP contribution is -2.27. The molecule has 0 aliphatic carbocycles. The van der Waals surface area contributed by atoms with Gasteiger partial charge in [-0.05, 0) is 49.2 Å². The van der Waals surface area contributed by atoms with Crippen molar-refractivity contribution in [3.63, 3.8) is 0 Å². The lowest BCUT2D eigenvalue weighted by atomic mass is 10.0. The highest BCUT2D eigenvalue weighted by Crippen LogP contribution is 2.28. The van der Waals surface area contributed by atoms with Crippen LogP contribution in [0, 0.1) is 0 Å². The van der Waals surface area contributed by atoms with Crippen molar-refractivity contribution in [1.82, 2.24) is 5.32 Å². The molecule has 0 bridgehead atoms. The molecule has 3 rings (SSSR count). The van der Waals surface area contributed by atoms with Crippen molar-refractivity contribution in [2.45, 2.75) is 18.9 Å². The molecule has 1 unspecified atom stereocenters. The lowest BCUT2D eigenvalue weighted by Gasteiger charge is -2.23. The zero-order chi connectivity index (χ0) is 14.7. The van der Waals surface area contributed by atoms with Gasteiger partial charge in [0.05, 0.1) is 0 Å². The molecule has 0 fully saturated rings. The molecule has 0 spiro atoms. The number of benzene rings is 2. The van der Waals surface area contributed by atoms with Crippen molar-refractivity contribution >= 4 is 21.6 Å². The van der Waals surface area contributed by atoms with Crippen molar-refractivity contribution in [2.75, 3.05) is 25.0 Å². The van der Waals surface area contributed by atoms with E-state index >= 15 is 0 Å². The number of nitrogens with zero attached hydrogens (tertiary/aromatic N) is 1. The third-order valence-corrected chi connectivity index (χ3v) is 4.82. The molecule has 2 aromatic carbocycles. The van der Waals surface area contributed by atoms with Gasteiger partial charge in [-0.15, -0.1) is 0 Å². The second-order valence-corrected chi connectivity index (χ2v) is 6.46. The zero-order valence-electron chi connectivity index (χ0n) is 12.3. The number of para-hydroxylation sites is 1. The number of hydrogen-bond donors (Lipinski definition) is 1. The Morgan fingerprint density at radius 3 is 2.67 bits per heavy atom. The summed E-state index contributed by atoms with van der Waals surface area (Å²) < 4.78 is 1.13. The van der Waals surface area contributed by atoms with Crippen LogP contribution >= 0.6 is 15.9 Å². The molecule has 1 N–H and O–H groups in total. The predicted octanol–water partition coefficient (Wildman–Crippen LogP) is 4.16. The molecule has 0 aromatic heterocycles. The second kappa shape index (κ2) is 6.63. The normalized spacial score (nSPS) is 15.0. The number of anilines is 1. The average Bonchev–Trinajstić information content (AvgIpc) is 2.93. The summed E-state index contributed by atoms with van der Waals surface area (Å²) in [5, 5.41) is 3.44. The van der Waals surface area contributed by atoms with Gasteiger partial charge < -0.3 is 10.2 Å². The lowest BCUT2D eigenvalue weighted by molar-refractivity contribution is 0.545. The standard InChI is InChI=1S/C18H21BrN2/c1-20-17(14-6-8-16(19)9-7-14)11-13-21-12-10-15-4-2-3-5-18(15)21/h2-9,17,20H,10-13H2,1H3. The number of rotatable bonds is 5. The van der Waals surface area contributed by atoms with Gasteiger partial charge in [-0.2, -0.15) is 0 Å². The van der Waals surface area contributed by atoms with Crippen molar-refractivity contribution in [2.24, 2.45) is 0 Å². The third kappa shape index (κ3) is 3.30. The molecule has 0 saturated carbocycles. The smallest absolute Gasteiger partial charge is 0.0399 e. The summed E-state index contributed by atoms with van der Waals surface area (Å²) >= 11 is 3.50. The maximum Gasteiger partial charge on any atom is 0.0399 e. The van der Waals surface area contributed by atoms with Gasteiger partial charge in [-0.1, -0.05) is 46.3 Å². The fourth-order valence-corrected chi connectivity index (χ4v) is 3.36. The maximum atomic E-state index is 3.50. The van der Waals surface area contributed by atoms with Gasteiger partial charge in [0.25, 0.3) is 0 Å². The first-order valence-electron chi connectivity index (χ1n) is 7.53. The van der Waals surface area contributed by atoms with E-state index < -0.39 is 0 Å². The van der Waals surface area contributed by atoms with Gasteiger partial charge in [-0.3, -0.25) is 0 Å². The fourth-order valence-electron chi connectivity index (χ4n) is 3.10. The van der Waals surface area contributed by atoms with Crippen LogP contribution in [0.1, 0.15) is 23.6 Å². The average molecular weight is 345 g/mol. The molecular formula is C18H21BrN2. The summed E-state index contributed by atoms with van der Waals surface area (Å²) in [5.74, 6) is 0. The van der Waals surface area contributed by atoms with E-state index in [0.717, 1.165) is 24.0 Å². The number of halogens is 1. The molecule has 1 aliphatic heterocycles. The molecule has 110 valence electrons. The van der Waals surface area contributed by atoms with Gasteiger partial charge in [0, 0.05) is 29.3 Å². The molecule has 0 radical (unpaired) electrons. The van der Waals surface area contributed by atoms with Crippen LogP contribution in [0.25, 0.3) is 0 Å². The second-order valence-electron chi connectivity index (χ2n) is 5.55. The minimum atomic E-state index is 0.408. The first-order valence-corrected chi connectivity index (χ1v) is 8.33. The van der Waals surface area contributed by atoms with E-state index in [2.05, 4.69) is 74.7 Å². The van der Waals surface area contributed by atoms with Crippen molar-refractivity contribution in [1.29, 1.82) is 0 Å². The third-order valence-electron chi connectivity index (χ3n) is 4.29. The number of nitrogens with one attached hydrogen (secondary N) is 1. The zero-order valence-corrected chi connectivity index (χ0v) is 13.9. The van der Waals surface area contributed by atoms with E-state index in [4.69, 9.17) is 0 Å². The van der Waals surface area contributed by atoms with Crippen molar-refractivity contribution in [3.05, 3.63) is 64.1 Å². The number of hydrogen-bond acceptors (Lipinski definition) is 2. The van der Waals surface area contributed by atoms with Gasteiger partial charge in [0.1, 0.15) is 0 Å². The fraction of sp³-hybridized carbons (Fsp3) is 0.333. The van der Waals surface area contributed by atoms with Gasteiger partial charge in [-0.25, -0.2) is 0 Å². The molecule has 1 aliphatic rings. The molecule has 2 nitrogen and oxygen atoms in total. The van der Waals surface area contributed by atoms with Crippen LogP contribution in [-0.2, 0) is 6.42 Å². The quantitative estimate of drug-likeness (QED) is 0.875. The Bertz CT molecular complexity index is 594. The van der Waals surface area contributed by atoms with Crippen LogP contribution in [0.4, 0.5) is 5.69 Å². The summed E-state index contributed by atoms with van der Waals surface area (Å²) in [6.07, 6.45) is 2.30. The first-order chi connectivity index (χ1) is 10.3. The Balaban J connectivity index is 1.65. The Morgan fingerprint density at radius 2 is 1.90 bits per heavy atom. The van der Waals surface area contributed by atoms with Crippen molar-refractivity contribution < 1.29 is 0 Å². The van der Waals surface area contributed by atoms with Crippen LogP contribution in [0.15, 0.2) is 53.0 Å². The van der Waals surface area contributed by atoms with E-state index in [-0.39, 0.29) is 0 Å². The molecule has 21 heavy (non-hydrogen) atoms. The Labute approximate surface area is 135 Å². The minimum Gasteiger partial charge on any atom is -0.371 e. The van der Waals surface area contributed by atoms with Crippen LogP contribution in [0.3, 0.4) is 0 Å². The number of fused-ring (bicyclic) bond motifs is 1. The van der Waals surface area contributed by atoms with E-state index in [0.29, 0.717) is 6.04 Å². The monoisotopic (exact) mass is 344 g/mol. The Morgan fingerprint density at radius 1 is 1.14 bits per heavy atom. The topological polar surface area (TPSA) is 15.3 Å². The highest BCUT2D eigenvalue weighted by atomic mass is 79.9. The largest absolute Gasteiger partial charge is 0.371 e. The van der Waals surface area contributed by atoms with Crippen LogP contribution < -0.4 is 10.2 Å². The van der Waals surface area contributed by atoms with E-state index in [1.54, 1.807) is 0 Å². The van der Waals surface area contributed by atoms with Crippen LogP contribution in [0.5, 0.6) is 0 Å². The highest BCUT2D eigenvalue weighted by Gasteiger charge is 2.19. The first kappa shape index (κ1) is 14.6. The maximum absolute atomic E-state index is 3.50. The van der Waals surface area contributed by atoms with E-state index in [1.165, 1.54) is 23.2 Å². The van der Waals surface area contributed by atoms with Crippen molar-refractivity contribution in [3.8, 4) is 0 Å². The van der Waals surface area contributed by atoms with Gasteiger partial charge in [0.2, 0.25) is 0 Å². The Kier molecular flexibility index (Phi) is 4.61. The molecule has 0 saturated heterocycles. The van der Waals surface area contributed by atoms with E-state index in [9.17, 15) is 0 Å². The summed E-state index contributed by atoms with van der Waals surface area (Å²) in [6, 6.07) is 17.8. The summed E-state index contributed by atoms with van der Waals surface area (Å²) in [5.41, 5.74) is 4.26. The van der Waals surface area contributed by atoms with Gasteiger partial charge >= 0.3 is 0 Å². The predicted molar refractivity (Wildman–Crippen MR) is 92.9 cm³/mol. The Hall–Kier alpha value is -1.32. The van der Waals surface area contributed by atoms with E-state index in [1.807, 2.05) is 7.05 Å². The molecule has 2 aromatic rings. The molecule has 1 heterocycles. The summed E-state index contributed by atoms with van der Waals surface area (Å²) in [6.45, 7) is 2.24. The van der Waals surface area contributed by atoms with Crippen LogP contribution in [0.2, 0.25) is 0 Å².